The van der Waals surface area contributed by atoms with Crippen LogP contribution in [-0.2, 0) is 0 Å². The Balaban J connectivity index is 0. The second-order valence-electron chi connectivity index (χ2n) is 2.70. The predicted molar refractivity (Wildman–Crippen MR) is 62.7 cm³/mol. The van der Waals surface area contributed by atoms with Crippen molar-refractivity contribution in [3.8, 4) is 0 Å². The molecule has 0 spiro atoms. The third-order valence-electron chi connectivity index (χ3n) is 1.53. The van der Waals surface area contributed by atoms with E-state index in [1.807, 2.05) is 27.7 Å². The van der Waals surface area contributed by atoms with Crippen molar-refractivity contribution in [3.05, 3.63) is 29.6 Å². The van der Waals surface area contributed by atoms with Crippen molar-refractivity contribution in [3.63, 3.8) is 0 Å². The van der Waals surface area contributed by atoms with Gasteiger partial charge in [0.15, 0.2) is 6.10 Å². The fourth-order valence-electron chi connectivity index (χ4n) is 0.877. The number of aromatic nitrogens is 1. The standard InChI is InChI=1S/C8H8F3NO.2C2H6/c1-5-2-3-12-6(4-5)7(13)8(9,10)11;2*1-2/h2-4,7,13H,1H3;2*1-2H3. The van der Waals surface area contributed by atoms with Crippen molar-refractivity contribution >= 4 is 0 Å². The van der Waals surface area contributed by atoms with Crippen molar-refractivity contribution in [1.82, 2.24) is 4.98 Å². The minimum Gasteiger partial charge on any atom is -0.378 e. The molecule has 0 radical (unpaired) electrons. The highest BCUT2D eigenvalue weighted by Gasteiger charge is 2.40. The molecular weight excluding hydrogens is 231 g/mol. The minimum absolute atomic E-state index is 0.368. The highest BCUT2D eigenvalue weighted by atomic mass is 19.4. The maximum absolute atomic E-state index is 12.0. The van der Waals surface area contributed by atoms with Crippen LogP contribution < -0.4 is 0 Å². The summed E-state index contributed by atoms with van der Waals surface area (Å²) >= 11 is 0. The molecule has 100 valence electrons. The number of aryl methyl sites for hydroxylation is 1. The predicted octanol–water partition coefficient (Wildman–Crippen LogP) is 4.04. The molecule has 0 amide bonds. The van der Waals surface area contributed by atoms with Crippen molar-refractivity contribution < 1.29 is 18.3 Å². The summed E-state index contributed by atoms with van der Waals surface area (Å²) in [5, 5.41) is 8.79. The van der Waals surface area contributed by atoms with Crippen LogP contribution in [0.1, 0.15) is 45.1 Å². The fraction of sp³-hybridized carbons (Fsp3) is 0.583. The number of hydrogen-bond donors (Lipinski definition) is 1. The Kier molecular flexibility index (Phi) is 9.66. The first-order valence-electron chi connectivity index (χ1n) is 5.58. The van der Waals surface area contributed by atoms with Crippen LogP contribution in [0, 0.1) is 6.92 Å². The number of nitrogens with zero attached hydrogens (tertiary/aromatic N) is 1. The molecule has 1 unspecified atom stereocenters. The Labute approximate surface area is 101 Å². The molecule has 0 bridgehead atoms. The van der Waals surface area contributed by atoms with Crippen LogP contribution in [0.4, 0.5) is 13.2 Å². The summed E-state index contributed by atoms with van der Waals surface area (Å²) in [5.41, 5.74) is 0.265. The summed E-state index contributed by atoms with van der Waals surface area (Å²) in [6, 6.07) is 2.77. The normalized spacial score (nSPS) is 11.6. The molecule has 0 saturated heterocycles. The van der Waals surface area contributed by atoms with Crippen LogP contribution in [0.3, 0.4) is 0 Å². The Morgan fingerprint density at radius 1 is 1.18 bits per heavy atom. The van der Waals surface area contributed by atoms with E-state index in [4.69, 9.17) is 5.11 Å². The molecule has 1 atom stereocenters. The van der Waals surface area contributed by atoms with E-state index < -0.39 is 12.3 Å². The van der Waals surface area contributed by atoms with E-state index in [1.165, 1.54) is 12.3 Å². The monoisotopic (exact) mass is 251 g/mol. The summed E-state index contributed by atoms with van der Waals surface area (Å²) in [6.45, 7) is 9.63. The molecule has 1 heterocycles. The Bertz CT molecular complexity index is 300. The second-order valence-corrected chi connectivity index (χ2v) is 2.70. The molecule has 2 nitrogen and oxygen atoms in total. The number of pyridine rings is 1. The molecule has 5 heteroatoms. The molecule has 1 aromatic rings. The van der Waals surface area contributed by atoms with Gasteiger partial charge in [0, 0.05) is 6.20 Å². The zero-order chi connectivity index (χ0) is 14.1. The molecule has 0 aliphatic heterocycles. The van der Waals surface area contributed by atoms with Gasteiger partial charge in [-0.3, -0.25) is 4.98 Å². The SMILES string of the molecule is CC.CC.Cc1ccnc(C(O)C(F)(F)F)c1. The van der Waals surface area contributed by atoms with Gasteiger partial charge in [0.1, 0.15) is 0 Å². The van der Waals surface area contributed by atoms with Crippen LogP contribution in [0.15, 0.2) is 18.3 Å². The summed E-state index contributed by atoms with van der Waals surface area (Å²) < 4.78 is 35.9. The van der Waals surface area contributed by atoms with Gasteiger partial charge in [-0.2, -0.15) is 13.2 Å². The molecule has 0 saturated carbocycles. The summed E-state index contributed by atoms with van der Waals surface area (Å²) in [6.07, 6.45) is -5.91. The minimum atomic E-state index is -4.65. The van der Waals surface area contributed by atoms with E-state index in [-0.39, 0.29) is 5.69 Å². The van der Waals surface area contributed by atoms with Crippen LogP contribution in [0.2, 0.25) is 0 Å². The van der Waals surface area contributed by atoms with Gasteiger partial charge in [-0.1, -0.05) is 27.7 Å². The maximum Gasteiger partial charge on any atom is 0.420 e. The van der Waals surface area contributed by atoms with Crippen LogP contribution in [0.25, 0.3) is 0 Å². The Morgan fingerprint density at radius 3 is 2.00 bits per heavy atom. The third-order valence-corrected chi connectivity index (χ3v) is 1.53. The van der Waals surface area contributed by atoms with Crippen LogP contribution in [0.5, 0.6) is 0 Å². The Morgan fingerprint density at radius 2 is 1.65 bits per heavy atom. The van der Waals surface area contributed by atoms with E-state index in [9.17, 15) is 13.2 Å². The number of aliphatic hydroxyl groups is 1. The number of aliphatic hydroxyl groups excluding tert-OH is 1. The van der Waals surface area contributed by atoms with Crippen molar-refractivity contribution in [1.29, 1.82) is 0 Å². The molecule has 1 N–H and O–H groups in total. The van der Waals surface area contributed by atoms with Crippen molar-refractivity contribution in [2.24, 2.45) is 0 Å². The number of alkyl halides is 3. The zero-order valence-corrected chi connectivity index (χ0v) is 10.8. The first-order chi connectivity index (χ1) is 7.91. The Hall–Kier alpha value is -1.10. The van der Waals surface area contributed by atoms with Gasteiger partial charge in [0.2, 0.25) is 0 Å². The number of halogens is 3. The molecule has 0 aliphatic rings. The second kappa shape index (κ2) is 8.98. The lowest BCUT2D eigenvalue weighted by atomic mass is 10.2. The lowest BCUT2D eigenvalue weighted by molar-refractivity contribution is -0.207. The first-order valence-corrected chi connectivity index (χ1v) is 5.58. The van der Waals surface area contributed by atoms with Crippen molar-refractivity contribution in [2.75, 3.05) is 0 Å². The molecular formula is C12H20F3NO. The molecule has 0 aromatic carbocycles. The number of rotatable bonds is 1. The quantitative estimate of drug-likeness (QED) is 0.817. The lowest BCUT2D eigenvalue weighted by Gasteiger charge is -2.13. The summed E-state index contributed by atoms with van der Waals surface area (Å²) in [4.78, 5) is 3.44. The average Bonchev–Trinajstić information content (AvgIpc) is 2.32. The van der Waals surface area contributed by atoms with Gasteiger partial charge in [0.25, 0.3) is 0 Å². The van der Waals surface area contributed by atoms with Gasteiger partial charge in [0.05, 0.1) is 5.69 Å². The van der Waals surface area contributed by atoms with E-state index in [2.05, 4.69) is 4.98 Å². The topological polar surface area (TPSA) is 33.1 Å². The van der Waals surface area contributed by atoms with Gasteiger partial charge in [-0.25, -0.2) is 0 Å². The van der Waals surface area contributed by atoms with Gasteiger partial charge in [-0.15, -0.1) is 0 Å². The van der Waals surface area contributed by atoms with Gasteiger partial charge >= 0.3 is 6.18 Å². The molecule has 1 rings (SSSR count). The summed E-state index contributed by atoms with van der Waals surface area (Å²) in [5.74, 6) is 0. The average molecular weight is 251 g/mol. The highest BCUT2D eigenvalue weighted by molar-refractivity contribution is 5.16. The lowest BCUT2D eigenvalue weighted by Crippen LogP contribution is -2.21. The highest BCUT2D eigenvalue weighted by Crippen LogP contribution is 2.31. The van der Waals surface area contributed by atoms with E-state index in [1.54, 1.807) is 13.0 Å². The third kappa shape index (κ3) is 6.94. The fourth-order valence-corrected chi connectivity index (χ4v) is 0.877. The van der Waals surface area contributed by atoms with E-state index in [0.29, 0.717) is 5.56 Å². The molecule has 0 aliphatic carbocycles. The largest absolute Gasteiger partial charge is 0.420 e. The number of hydrogen-bond acceptors (Lipinski definition) is 2. The maximum atomic E-state index is 12.0. The first kappa shape index (κ1) is 18.3. The van der Waals surface area contributed by atoms with Gasteiger partial charge in [-0.05, 0) is 24.6 Å². The zero-order valence-electron chi connectivity index (χ0n) is 10.8. The van der Waals surface area contributed by atoms with Crippen LogP contribution in [-0.4, -0.2) is 16.3 Å². The van der Waals surface area contributed by atoms with E-state index in [0.717, 1.165) is 0 Å². The molecule has 1 aromatic heterocycles. The van der Waals surface area contributed by atoms with Gasteiger partial charge < -0.3 is 5.11 Å². The van der Waals surface area contributed by atoms with Crippen LogP contribution >= 0.6 is 0 Å². The summed E-state index contributed by atoms with van der Waals surface area (Å²) in [7, 11) is 0. The van der Waals surface area contributed by atoms with E-state index >= 15 is 0 Å². The molecule has 17 heavy (non-hydrogen) atoms. The van der Waals surface area contributed by atoms with Crippen molar-refractivity contribution in [2.45, 2.75) is 46.9 Å². The smallest absolute Gasteiger partial charge is 0.378 e. The molecule has 0 fully saturated rings.